The van der Waals surface area contributed by atoms with Gasteiger partial charge in [0.2, 0.25) is 5.91 Å². The van der Waals surface area contributed by atoms with Crippen molar-refractivity contribution in [3.05, 3.63) is 93.0 Å². The van der Waals surface area contributed by atoms with Gasteiger partial charge in [0.05, 0.1) is 16.3 Å². The van der Waals surface area contributed by atoms with Crippen molar-refractivity contribution in [3.63, 3.8) is 0 Å². The monoisotopic (exact) mass is 525 g/mol. The molecule has 0 saturated carbocycles. The molecule has 36 heavy (non-hydrogen) atoms. The lowest BCUT2D eigenvalue weighted by molar-refractivity contribution is -0.120. The van der Waals surface area contributed by atoms with Crippen LogP contribution in [0.25, 0.3) is 16.3 Å². The van der Waals surface area contributed by atoms with Crippen molar-refractivity contribution < 1.29 is 9.18 Å². The second-order valence-electron chi connectivity index (χ2n) is 8.39. The van der Waals surface area contributed by atoms with E-state index in [1.165, 1.54) is 6.07 Å². The Hall–Kier alpha value is -3.63. The van der Waals surface area contributed by atoms with E-state index in [1.807, 2.05) is 29.2 Å². The smallest absolute Gasteiger partial charge is 0.244 e. The first-order chi connectivity index (χ1) is 17.3. The molecule has 1 amide bonds. The number of rotatable bonds is 9. The third-order valence-corrected chi connectivity index (χ3v) is 7.07. The molecule has 0 spiro atoms. The summed E-state index contributed by atoms with van der Waals surface area (Å²) in [6.45, 7) is 7.92. The zero-order valence-corrected chi connectivity index (χ0v) is 20.6. The summed E-state index contributed by atoms with van der Waals surface area (Å²) < 4.78 is 20.1. The molecule has 0 unspecified atom stereocenters. The molecule has 0 atom stereocenters. The molecule has 0 aromatic heterocycles. The molecule has 2 aromatic rings. The van der Waals surface area contributed by atoms with E-state index < -0.39 is 17.3 Å². The van der Waals surface area contributed by atoms with Crippen LogP contribution < -0.4 is 5.32 Å². The summed E-state index contributed by atoms with van der Waals surface area (Å²) >= 11 is 7.41. The number of nitroso groups, excluding NO2 is 2. The lowest BCUT2D eigenvalue weighted by atomic mass is 9.90. The number of fused-ring (bicyclic) bond motifs is 1. The van der Waals surface area contributed by atoms with Crippen LogP contribution in [-0.4, -0.2) is 41.7 Å². The second-order valence-corrected chi connectivity index (χ2v) is 9.63. The molecule has 1 saturated heterocycles. The minimum Gasteiger partial charge on any atom is -0.360 e. The maximum atomic E-state index is 15.7. The Balaban J connectivity index is 1.57. The van der Waals surface area contributed by atoms with Gasteiger partial charge in [-0.25, -0.2) is 8.79 Å². The lowest BCUT2D eigenvalue weighted by Crippen LogP contribution is -2.71. The zero-order chi connectivity index (χ0) is 25.9. The summed E-state index contributed by atoms with van der Waals surface area (Å²) in [6, 6.07) is 10.4. The molecule has 2 aromatic carbocycles. The number of allylic oxidation sites excluding steroid dienone is 4. The van der Waals surface area contributed by atoms with E-state index in [2.05, 4.69) is 33.2 Å². The van der Waals surface area contributed by atoms with Crippen LogP contribution in [0.2, 0.25) is 0 Å². The van der Waals surface area contributed by atoms with Gasteiger partial charge >= 0.3 is 0 Å². The molecular weight excluding hydrogens is 505 g/mol. The van der Waals surface area contributed by atoms with Gasteiger partial charge in [0.1, 0.15) is 12.2 Å². The van der Waals surface area contributed by atoms with Gasteiger partial charge in [0.15, 0.2) is 5.83 Å². The fourth-order valence-electron chi connectivity index (χ4n) is 4.19. The molecule has 0 bridgehead atoms. The van der Waals surface area contributed by atoms with Gasteiger partial charge in [-0.2, -0.15) is 4.91 Å². The van der Waals surface area contributed by atoms with Gasteiger partial charge in [0, 0.05) is 42.1 Å². The van der Waals surface area contributed by atoms with Crippen LogP contribution in [-0.2, 0) is 4.79 Å². The fraction of sp³-hybridized carbons (Fsp3) is 0.200. The normalized spacial score (nSPS) is 17.9. The van der Waals surface area contributed by atoms with Crippen molar-refractivity contribution in [1.29, 1.82) is 0 Å². The third-order valence-electron chi connectivity index (χ3n) is 5.95. The number of halogens is 2. The van der Waals surface area contributed by atoms with Crippen LogP contribution in [0.4, 0.5) is 10.1 Å². The average molecular weight is 526 g/mol. The van der Waals surface area contributed by atoms with Crippen molar-refractivity contribution in [3.8, 4) is 0 Å². The standard InChI is InChI=1S/C25H21ClFN5O3S/c1-3-22(33)29-25(12-28-34)13-32(14-25)15(2)36-31-21-9-8-20(26)23(24(21)27)19-11-17(30-35)10-16-6-4-5-7-18(16)19/h3-8,10-11H,1-2,9,12-14H2,(H,29,33)/b31-21+. The Bertz CT molecular complexity index is 1380. The zero-order valence-electron chi connectivity index (χ0n) is 19.0. The Kier molecular flexibility index (Phi) is 7.46. The van der Waals surface area contributed by atoms with Gasteiger partial charge in [-0.15, -0.1) is 4.91 Å². The number of hydrogen-bond acceptors (Lipinski definition) is 8. The first kappa shape index (κ1) is 25.5. The predicted octanol–water partition coefficient (Wildman–Crippen LogP) is 6.13. The summed E-state index contributed by atoms with van der Waals surface area (Å²) in [6.07, 6.45) is 2.96. The maximum Gasteiger partial charge on any atom is 0.244 e. The number of hydrogen-bond donors (Lipinski definition) is 1. The molecule has 1 N–H and O–H groups in total. The highest BCUT2D eigenvalue weighted by molar-refractivity contribution is 8.01. The SMILES string of the molecule is C=CC(=O)NC1(CN=O)CN(C(=C)S/N=C2\CC=C(Cl)C(c3cc(N=O)cc4ccccc34)=C2F)C1. The van der Waals surface area contributed by atoms with E-state index in [0.29, 0.717) is 23.7 Å². The van der Waals surface area contributed by atoms with Gasteiger partial charge in [-0.1, -0.05) is 60.3 Å². The largest absolute Gasteiger partial charge is 0.360 e. The quantitative estimate of drug-likeness (QED) is 0.241. The van der Waals surface area contributed by atoms with Crippen molar-refractivity contribution >= 4 is 57.2 Å². The van der Waals surface area contributed by atoms with E-state index in [4.69, 9.17) is 11.6 Å². The number of benzene rings is 2. The summed E-state index contributed by atoms with van der Waals surface area (Å²) in [4.78, 5) is 35.6. The topological polar surface area (TPSA) is 104 Å². The highest BCUT2D eigenvalue weighted by Crippen LogP contribution is 2.41. The molecule has 4 rings (SSSR count). The number of amides is 1. The number of carbonyl (C=O) groups excluding carboxylic acids is 1. The van der Waals surface area contributed by atoms with E-state index in [0.717, 1.165) is 28.8 Å². The molecule has 1 fully saturated rings. The highest BCUT2D eigenvalue weighted by atomic mass is 35.5. The van der Waals surface area contributed by atoms with Crippen LogP contribution in [0.5, 0.6) is 0 Å². The van der Waals surface area contributed by atoms with E-state index in [1.54, 1.807) is 12.1 Å². The predicted molar refractivity (Wildman–Crippen MR) is 143 cm³/mol. The van der Waals surface area contributed by atoms with Crippen molar-refractivity contribution in [2.45, 2.75) is 12.0 Å². The molecule has 8 nitrogen and oxygen atoms in total. The van der Waals surface area contributed by atoms with Gasteiger partial charge in [-0.3, -0.25) is 4.79 Å². The first-order valence-electron chi connectivity index (χ1n) is 10.8. The van der Waals surface area contributed by atoms with Crippen LogP contribution in [0.3, 0.4) is 0 Å². The molecule has 1 heterocycles. The van der Waals surface area contributed by atoms with Gasteiger partial charge in [-0.05, 0) is 39.7 Å². The summed E-state index contributed by atoms with van der Waals surface area (Å²) in [5, 5.41) is 10.9. The minimum atomic E-state index is -0.804. The van der Waals surface area contributed by atoms with Crippen molar-refractivity contribution in [2.24, 2.45) is 14.8 Å². The Morgan fingerprint density at radius 2 is 2.03 bits per heavy atom. The highest BCUT2D eigenvalue weighted by Gasteiger charge is 2.45. The second kappa shape index (κ2) is 10.5. The van der Waals surface area contributed by atoms with Gasteiger partial charge < -0.3 is 10.2 Å². The van der Waals surface area contributed by atoms with Gasteiger partial charge in [0.25, 0.3) is 0 Å². The Morgan fingerprint density at radius 1 is 1.28 bits per heavy atom. The number of carbonyl (C=O) groups is 1. The molecule has 0 radical (unpaired) electrons. The molecular formula is C25H21ClFN5O3S. The van der Waals surface area contributed by atoms with E-state index in [9.17, 15) is 14.6 Å². The van der Waals surface area contributed by atoms with Crippen molar-refractivity contribution in [1.82, 2.24) is 10.2 Å². The summed E-state index contributed by atoms with van der Waals surface area (Å²) in [7, 11) is 0. The number of nitrogens with one attached hydrogen (secondary N) is 1. The first-order valence-corrected chi connectivity index (χ1v) is 12.0. The van der Waals surface area contributed by atoms with E-state index >= 15 is 4.39 Å². The van der Waals surface area contributed by atoms with Crippen molar-refractivity contribution in [2.75, 3.05) is 19.6 Å². The molecule has 1 aliphatic carbocycles. The fourth-order valence-corrected chi connectivity index (χ4v) is 5.06. The Labute approximate surface area is 215 Å². The average Bonchev–Trinajstić information content (AvgIpc) is 2.86. The van der Waals surface area contributed by atoms with Crippen LogP contribution in [0.1, 0.15) is 12.0 Å². The third kappa shape index (κ3) is 5.00. The Morgan fingerprint density at radius 3 is 2.72 bits per heavy atom. The number of likely N-dealkylation sites (tertiary alicyclic amines) is 1. The molecule has 2 aliphatic rings. The molecule has 184 valence electrons. The summed E-state index contributed by atoms with van der Waals surface area (Å²) in [5.41, 5.74) is 0.110. The minimum absolute atomic E-state index is 0.0950. The summed E-state index contributed by atoms with van der Waals surface area (Å²) in [5.74, 6) is -0.999. The molecule has 1 aliphatic heterocycles. The van der Waals surface area contributed by atoms with Crippen LogP contribution in [0.15, 0.2) is 92.3 Å². The number of nitrogens with zero attached hydrogens (tertiary/aromatic N) is 4. The van der Waals surface area contributed by atoms with Crippen LogP contribution in [0, 0.1) is 9.81 Å². The van der Waals surface area contributed by atoms with E-state index in [-0.39, 0.29) is 35.0 Å². The molecule has 11 heteroatoms. The lowest BCUT2D eigenvalue weighted by Gasteiger charge is -2.50. The van der Waals surface area contributed by atoms with Crippen LogP contribution >= 0.6 is 23.5 Å². The maximum absolute atomic E-state index is 15.7.